The Hall–Kier alpha value is -1.75. The topological polar surface area (TPSA) is 84.9 Å². The van der Waals surface area contributed by atoms with Crippen molar-refractivity contribution in [3.8, 4) is 11.5 Å². The number of nitrogens with zero attached hydrogens (tertiary/aromatic N) is 1. The van der Waals surface area contributed by atoms with Gasteiger partial charge in [-0.25, -0.2) is 8.42 Å². The quantitative estimate of drug-likeness (QED) is 0.583. The smallest absolute Gasteiger partial charge is 0.263 e. The van der Waals surface area contributed by atoms with Gasteiger partial charge in [0, 0.05) is 24.6 Å². The summed E-state index contributed by atoms with van der Waals surface area (Å²) in [7, 11) is -2.11. The SMILES string of the molecule is CCCOc1ccc(C(C)NC(=O)c2sccc2S(=O)(=O)N2CCSCC2)cc1OC. The zero-order valence-corrected chi connectivity index (χ0v) is 20.4. The van der Waals surface area contributed by atoms with Gasteiger partial charge in [-0.1, -0.05) is 13.0 Å². The van der Waals surface area contributed by atoms with Crippen molar-refractivity contribution in [2.24, 2.45) is 0 Å². The molecular formula is C21H28N2O5S3. The van der Waals surface area contributed by atoms with Crippen LogP contribution in [-0.2, 0) is 10.0 Å². The molecule has 0 aliphatic carbocycles. The van der Waals surface area contributed by atoms with Crippen LogP contribution in [0.1, 0.15) is 41.5 Å². The first-order chi connectivity index (χ1) is 14.9. The summed E-state index contributed by atoms with van der Waals surface area (Å²) in [5.41, 5.74) is 0.836. The average molecular weight is 485 g/mol. The molecule has 1 unspecified atom stereocenters. The van der Waals surface area contributed by atoms with Crippen LogP contribution in [0.15, 0.2) is 34.5 Å². The van der Waals surface area contributed by atoms with Crippen LogP contribution < -0.4 is 14.8 Å². The highest BCUT2D eigenvalue weighted by Crippen LogP contribution is 2.31. The molecule has 0 bridgehead atoms. The van der Waals surface area contributed by atoms with Crippen LogP contribution in [0, 0.1) is 0 Å². The van der Waals surface area contributed by atoms with Crippen LogP contribution in [0.4, 0.5) is 0 Å². The number of carbonyl (C=O) groups is 1. The number of carbonyl (C=O) groups excluding carboxylic acids is 1. The Balaban J connectivity index is 1.76. The van der Waals surface area contributed by atoms with Crippen LogP contribution in [0.3, 0.4) is 0 Å². The standard InChI is InChI=1S/C21H28N2O5S3/c1-4-10-28-17-6-5-16(14-18(17)27-3)15(2)22-21(24)20-19(7-11-30-20)31(25,26)23-8-12-29-13-9-23/h5-7,11,14-15H,4,8-10,12-13H2,1-3H3,(H,22,24). The highest BCUT2D eigenvalue weighted by Gasteiger charge is 2.31. The third-order valence-corrected chi connectivity index (χ3v) is 8.85. The number of sulfonamides is 1. The van der Waals surface area contributed by atoms with E-state index in [1.807, 2.05) is 32.0 Å². The molecule has 31 heavy (non-hydrogen) atoms. The number of hydrogen-bond acceptors (Lipinski definition) is 7. The molecule has 0 spiro atoms. The summed E-state index contributed by atoms with van der Waals surface area (Å²) in [6.07, 6.45) is 0.889. The van der Waals surface area contributed by atoms with Crippen molar-refractivity contribution in [3.05, 3.63) is 40.1 Å². The third kappa shape index (κ3) is 5.54. The van der Waals surface area contributed by atoms with E-state index in [1.54, 1.807) is 24.3 Å². The molecule has 7 nitrogen and oxygen atoms in total. The van der Waals surface area contributed by atoms with Crippen LogP contribution in [0.25, 0.3) is 0 Å². The van der Waals surface area contributed by atoms with Crippen LogP contribution in [-0.4, -0.2) is 56.9 Å². The van der Waals surface area contributed by atoms with Gasteiger partial charge in [0.15, 0.2) is 11.5 Å². The van der Waals surface area contributed by atoms with Crippen molar-refractivity contribution < 1.29 is 22.7 Å². The maximum atomic E-state index is 13.0. The van der Waals surface area contributed by atoms with E-state index in [4.69, 9.17) is 9.47 Å². The number of amides is 1. The molecule has 1 aromatic carbocycles. The molecule has 3 rings (SSSR count). The molecule has 1 fully saturated rings. The van der Waals surface area contributed by atoms with E-state index in [1.165, 1.54) is 10.4 Å². The zero-order chi connectivity index (χ0) is 22.4. The molecule has 1 aromatic heterocycles. The summed E-state index contributed by atoms with van der Waals surface area (Å²) in [6.45, 7) is 5.40. The van der Waals surface area contributed by atoms with Crippen LogP contribution in [0.2, 0.25) is 0 Å². The number of nitrogens with one attached hydrogen (secondary N) is 1. The fourth-order valence-electron chi connectivity index (χ4n) is 3.22. The van der Waals surface area contributed by atoms with Gasteiger partial charge in [0.2, 0.25) is 10.0 Å². The molecule has 1 aliphatic rings. The second-order valence-electron chi connectivity index (χ2n) is 7.08. The molecular weight excluding hydrogens is 456 g/mol. The molecule has 2 heterocycles. The van der Waals surface area contributed by atoms with Gasteiger partial charge in [-0.3, -0.25) is 4.79 Å². The van der Waals surface area contributed by atoms with Gasteiger partial charge in [0.25, 0.3) is 5.91 Å². The van der Waals surface area contributed by atoms with Crippen molar-refractivity contribution in [3.63, 3.8) is 0 Å². The van der Waals surface area contributed by atoms with Gasteiger partial charge in [-0.05, 0) is 42.5 Å². The molecule has 0 saturated carbocycles. The number of ether oxygens (including phenoxy) is 2. The van der Waals surface area contributed by atoms with Crippen LogP contribution in [0.5, 0.6) is 11.5 Å². The van der Waals surface area contributed by atoms with Crippen LogP contribution >= 0.6 is 23.1 Å². The minimum absolute atomic E-state index is 0.0787. The Morgan fingerprint density at radius 3 is 2.65 bits per heavy atom. The molecule has 1 amide bonds. The molecule has 1 N–H and O–H groups in total. The highest BCUT2D eigenvalue weighted by atomic mass is 32.2. The Morgan fingerprint density at radius 1 is 1.23 bits per heavy atom. The number of methoxy groups -OCH3 is 1. The summed E-state index contributed by atoms with van der Waals surface area (Å²) >= 11 is 2.87. The van der Waals surface area contributed by atoms with Crippen molar-refractivity contribution in [2.45, 2.75) is 31.2 Å². The lowest BCUT2D eigenvalue weighted by Gasteiger charge is -2.25. The van der Waals surface area contributed by atoms with E-state index >= 15 is 0 Å². The second-order valence-corrected chi connectivity index (χ2v) is 11.1. The molecule has 1 saturated heterocycles. The molecule has 2 aromatic rings. The van der Waals surface area contributed by atoms with Gasteiger partial charge in [-0.15, -0.1) is 11.3 Å². The van der Waals surface area contributed by atoms with Gasteiger partial charge >= 0.3 is 0 Å². The summed E-state index contributed by atoms with van der Waals surface area (Å²) in [5.74, 6) is 2.37. The van der Waals surface area contributed by atoms with E-state index in [0.29, 0.717) is 31.2 Å². The molecule has 170 valence electrons. The van der Waals surface area contributed by atoms with Crippen molar-refractivity contribution in [1.29, 1.82) is 0 Å². The predicted octanol–water partition coefficient (Wildman–Crippen LogP) is 3.77. The van der Waals surface area contributed by atoms with Gasteiger partial charge in [0.05, 0.1) is 19.8 Å². The first-order valence-electron chi connectivity index (χ1n) is 10.2. The summed E-state index contributed by atoms with van der Waals surface area (Å²) in [5, 5.41) is 4.56. The average Bonchev–Trinajstić information content (AvgIpc) is 3.29. The molecule has 10 heteroatoms. The van der Waals surface area contributed by atoms with E-state index in [0.717, 1.165) is 34.8 Å². The molecule has 1 aliphatic heterocycles. The van der Waals surface area contributed by atoms with Gasteiger partial charge < -0.3 is 14.8 Å². The maximum absolute atomic E-state index is 13.0. The Morgan fingerprint density at radius 2 is 1.97 bits per heavy atom. The molecule has 1 atom stereocenters. The van der Waals surface area contributed by atoms with E-state index in [9.17, 15) is 13.2 Å². The number of thiophene rings is 1. The van der Waals surface area contributed by atoms with E-state index in [2.05, 4.69) is 5.32 Å². The number of thioether (sulfide) groups is 1. The second kappa shape index (κ2) is 10.7. The zero-order valence-electron chi connectivity index (χ0n) is 17.9. The largest absolute Gasteiger partial charge is 0.493 e. The third-order valence-electron chi connectivity index (χ3n) is 4.92. The first-order valence-corrected chi connectivity index (χ1v) is 13.6. The summed E-state index contributed by atoms with van der Waals surface area (Å²) < 4.78 is 38.7. The minimum Gasteiger partial charge on any atom is -0.493 e. The summed E-state index contributed by atoms with van der Waals surface area (Å²) in [4.78, 5) is 13.2. The lowest BCUT2D eigenvalue weighted by atomic mass is 10.1. The fourth-order valence-corrected chi connectivity index (χ4v) is 7.10. The van der Waals surface area contributed by atoms with Crippen molar-refractivity contribution >= 4 is 39.0 Å². The highest BCUT2D eigenvalue weighted by molar-refractivity contribution is 7.99. The number of hydrogen-bond donors (Lipinski definition) is 1. The Bertz CT molecular complexity index is 1000. The Labute approximate surface area is 192 Å². The van der Waals surface area contributed by atoms with Gasteiger partial charge in [0.1, 0.15) is 9.77 Å². The first kappa shape index (κ1) is 23.9. The number of benzene rings is 1. The van der Waals surface area contributed by atoms with E-state index < -0.39 is 15.9 Å². The summed E-state index contributed by atoms with van der Waals surface area (Å²) in [6, 6.07) is 6.70. The maximum Gasteiger partial charge on any atom is 0.263 e. The fraction of sp³-hybridized carbons (Fsp3) is 0.476. The normalized spacial score (nSPS) is 16.0. The number of rotatable bonds is 9. The Kier molecular flexibility index (Phi) is 8.26. The predicted molar refractivity (Wildman–Crippen MR) is 125 cm³/mol. The van der Waals surface area contributed by atoms with Gasteiger partial charge in [-0.2, -0.15) is 16.1 Å². The lowest BCUT2D eigenvalue weighted by molar-refractivity contribution is 0.0940. The monoisotopic (exact) mass is 484 g/mol. The van der Waals surface area contributed by atoms with Crippen molar-refractivity contribution in [1.82, 2.24) is 9.62 Å². The lowest BCUT2D eigenvalue weighted by Crippen LogP contribution is -2.38. The minimum atomic E-state index is -3.69. The van der Waals surface area contributed by atoms with E-state index in [-0.39, 0.29) is 15.8 Å². The molecule has 0 radical (unpaired) electrons. The van der Waals surface area contributed by atoms with Crippen molar-refractivity contribution in [2.75, 3.05) is 38.3 Å².